The van der Waals surface area contributed by atoms with E-state index in [4.69, 9.17) is 4.74 Å². The van der Waals surface area contributed by atoms with Gasteiger partial charge in [0.1, 0.15) is 0 Å². The van der Waals surface area contributed by atoms with Crippen molar-refractivity contribution < 1.29 is 9.84 Å². The van der Waals surface area contributed by atoms with Gasteiger partial charge >= 0.3 is 0 Å². The van der Waals surface area contributed by atoms with E-state index < -0.39 is 0 Å². The van der Waals surface area contributed by atoms with Crippen molar-refractivity contribution in [3.63, 3.8) is 0 Å². The van der Waals surface area contributed by atoms with Gasteiger partial charge in [-0.25, -0.2) is 0 Å². The number of hydrogen-bond acceptors (Lipinski definition) is 3. The van der Waals surface area contributed by atoms with Gasteiger partial charge in [0.15, 0.2) is 0 Å². The van der Waals surface area contributed by atoms with Gasteiger partial charge in [-0.1, -0.05) is 6.92 Å². The van der Waals surface area contributed by atoms with E-state index >= 15 is 0 Å². The molecule has 1 fully saturated rings. The first-order chi connectivity index (χ1) is 8.20. The molecular weight excluding hydrogens is 214 g/mol. The minimum atomic E-state index is -0.105. The fourth-order valence-corrected chi connectivity index (χ4v) is 2.05. The number of unbranched alkanes of at least 4 members (excludes halogenated alkanes) is 1. The molecule has 0 heterocycles. The van der Waals surface area contributed by atoms with Crippen LogP contribution in [-0.4, -0.2) is 36.5 Å². The molecule has 1 aliphatic rings. The third-order valence-electron chi connectivity index (χ3n) is 3.68. The molecule has 0 bridgehead atoms. The summed E-state index contributed by atoms with van der Waals surface area (Å²) in [7, 11) is 0. The van der Waals surface area contributed by atoms with Crippen LogP contribution in [0.4, 0.5) is 0 Å². The lowest BCUT2D eigenvalue weighted by Gasteiger charge is -2.29. The molecule has 0 amide bonds. The average Bonchev–Trinajstić information content (AvgIpc) is 2.28. The number of aliphatic hydroxyl groups excluding tert-OH is 1. The normalized spacial score (nSPS) is 19.9. The minimum absolute atomic E-state index is 0.105. The van der Waals surface area contributed by atoms with E-state index in [9.17, 15) is 5.11 Å². The lowest BCUT2D eigenvalue weighted by atomic mass is 9.95. The summed E-state index contributed by atoms with van der Waals surface area (Å²) in [6.07, 6.45) is 8.78. The highest BCUT2D eigenvalue weighted by atomic mass is 16.5. The van der Waals surface area contributed by atoms with Crippen LogP contribution < -0.4 is 5.32 Å². The molecule has 0 radical (unpaired) electrons. The van der Waals surface area contributed by atoms with E-state index in [-0.39, 0.29) is 12.1 Å². The Labute approximate surface area is 106 Å². The van der Waals surface area contributed by atoms with Gasteiger partial charge in [0, 0.05) is 12.1 Å². The topological polar surface area (TPSA) is 41.5 Å². The van der Waals surface area contributed by atoms with Crippen LogP contribution in [0.25, 0.3) is 0 Å². The first kappa shape index (κ1) is 14.9. The zero-order chi connectivity index (χ0) is 12.6. The maximum Gasteiger partial charge on any atom is 0.0610 e. The standard InChI is InChI=1S/C14H29NO2/c1-3-10-15-14(2,12-16)9-4-5-11-17-13-7-6-8-13/h13,15-16H,3-12H2,1-2H3. The van der Waals surface area contributed by atoms with E-state index in [0.29, 0.717) is 6.10 Å². The number of hydrogen-bond donors (Lipinski definition) is 2. The third-order valence-corrected chi connectivity index (χ3v) is 3.68. The molecule has 17 heavy (non-hydrogen) atoms. The zero-order valence-corrected chi connectivity index (χ0v) is 11.5. The molecule has 2 N–H and O–H groups in total. The molecule has 0 aromatic rings. The van der Waals surface area contributed by atoms with Crippen LogP contribution in [0.1, 0.15) is 58.8 Å². The van der Waals surface area contributed by atoms with E-state index in [1.54, 1.807) is 0 Å². The molecule has 1 aliphatic carbocycles. The molecule has 1 rings (SSSR count). The summed E-state index contributed by atoms with van der Waals surface area (Å²) in [5, 5.41) is 12.8. The molecule has 0 aliphatic heterocycles. The maximum absolute atomic E-state index is 9.41. The molecule has 1 atom stereocenters. The monoisotopic (exact) mass is 243 g/mol. The summed E-state index contributed by atoms with van der Waals surface area (Å²) in [5.74, 6) is 0. The Bertz CT molecular complexity index is 195. The zero-order valence-electron chi connectivity index (χ0n) is 11.5. The molecular formula is C14H29NO2. The van der Waals surface area contributed by atoms with Crippen LogP contribution in [0, 0.1) is 0 Å². The number of rotatable bonds is 10. The van der Waals surface area contributed by atoms with Gasteiger partial charge in [0.05, 0.1) is 12.7 Å². The first-order valence-electron chi connectivity index (χ1n) is 7.17. The molecule has 1 saturated carbocycles. The quantitative estimate of drug-likeness (QED) is 0.579. The summed E-state index contributed by atoms with van der Waals surface area (Å²) >= 11 is 0. The minimum Gasteiger partial charge on any atom is -0.394 e. The maximum atomic E-state index is 9.41. The molecule has 1 unspecified atom stereocenters. The van der Waals surface area contributed by atoms with E-state index in [1.165, 1.54) is 19.3 Å². The molecule has 102 valence electrons. The predicted octanol–water partition coefficient (Wildman–Crippen LogP) is 2.48. The van der Waals surface area contributed by atoms with E-state index in [1.807, 2.05) is 0 Å². The second kappa shape index (κ2) is 8.06. The van der Waals surface area contributed by atoms with Crippen molar-refractivity contribution in [1.82, 2.24) is 5.32 Å². The fraction of sp³-hybridized carbons (Fsp3) is 1.00. The van der Waals surface area contributed by atoms with Crippen LogP contribution in [0.3, 0.4) is 0 Å². The van der Waals surface area contributed by atoms with Crippen molar-refractivity contribution in [3.05, 3.63) is 0 Å². The highest BCUT2D eigenvalue weighted by Gasteiger charge is 2.21. The molecule has 3 heteroatoms. The fourth-order valence-electron chi connectivity index (χ4n) is 2.05. The van der Waals surface area contributed by atoms with Gasteiger partial charge in [-0.2, -0.15) is 0 Å². The molecule has 0 aromatic heterocycles. The number of aliphatic hydroxyl groups is 1. The Hall–Kier alpha value is -0.120. The summed E-state index contributed by atoms with van der Waals surface area (Å²) in [5.41, 5.74) is -0.105. The summed E-state index contributed by atoms with van der Waals surface area (Å²) < 4.78 is 5.72. The second-order valence-corrected chi connectivity index (χ2v) is 5.53. The van der Waals surface area contributed by atoms with Gasteiger partial charge in [-0.15, -0.1) is 0 Å². The summed E-state index contributed by atoms with van der Waals surface area (Å²) in [4.78, 5) is 0. The van der Waals surface area contributed by atoms with Gasteiger partial charge < -0.3 is 15.2 Å². The van der Waals surface area contributed by atoms with Crippen LogP contribution in [0.15, 0.2) is 0 Å². The van der Waals surface area contributed by atoms with Crippen molar-refractivity contribution in [2.45, 2.75) is 70.4 Å². The Morgan fingerprint density at radius 1 is 1.35 bits per heavy atom. The number of ether oxygens (including phenoxy) is 1. The SMILES string of the molecule is CCCNC(C)(CO)CCCCOC1CCC1. The second-order valence-electron chi connectivity index (χ2n) is 5.53. The van der Waals surface area contributed by atoms with Crippen molar-refractivity contribution >= 4 is 0 Å². The molecule has 3 nitrogen and oxygen atoms in total. The lowest BCUT2D eigenvalue weighted by Crippen LogP contribution is -2.46. The van der Waals surface area contributed by atoms with Crippen molar-refractivity contribution in [2.24, 2.45) is 0 Å². The highest BCUT2D eigenvalue weighted by Crippen LogP contribution is 2.22. The largest absolute Gasteiger partial charge is 0.394 e. The molecule has 0 spiro atoms. The van der Waals surface area contributed by atoms with E-state index in [0.717, 1.165) is 38.8 Å². The summed E-state index contributed by atoms with van der Waals surface area (Å²) in [6, 6.07) is 0. The Kier molecular flexibility index (Phi) is 7.09. The highest BCUT2D eigenvalue weighted by molar-refractivity contribution is 4.81. The number of nitrogens with one attached hydrogen (secondary N) is 1. The Balaban J connectivity index is 2.01. The average molecular weight is 243 g/mol. The van der Waals surface area contributed by atoms with Crippen LogP contribution in [-0.2, 0) is 4.74 Å². The smallest absolute Gasteiger partial charge is 0.0610 e. The lowest BCUT2D eigenvalue weighted by molar-refractivity contribution is -0.000190. The van der Waals surface area contributed by atoms with Crippen molar-refractivity contribution in [2.75, 3.05) is 19.8 Å². The first-order valence-corrected chi connectivity index (χ1v) is 7.17. The van der Waals surface area contributed by atoms with E-state index in [2.05, 4.69) is 19.2 Å². The summed E-state index contributed by atoms with van der Waals surface area (Å²) in [6.45, 7) is 6.35. The van der Waals surface area contributed by atoms with Crippen LogP contribution >= 0.6 is 0 Å². The Morgan fingerprint density at radius 2 is 2.12 bits per heavy atom. The van der Waals surface area contributed by atoms with Crippen molar-refractivity contribution in [3.8, 4) is 0 Å². The Morgan fingerprint density at radius 3 is 2.65 bits per heavy atom. The van der Waals surface area contributed by atoms with Gasteiger partial charge in [-0.05, 0) is 58.4 Å². The van der Waals surface area contributed by atoms with Gasteiger partial charge in [-0.3, -0.25) is 0 Å². The van der Waals surface area contributed by atoms with Gasteiger partial charge in [0.25, 0.3) is 0 Å². The molecule has 0 aromatic carbocycles. The van der Waals surface area contributed by atoms with Crippen molar-refractivity contribution in [1.29, 1.82) is 0 Å². The van der Waals surface area contributed by atoms with Crippen LogP contribution in [0.5, 0.6) is 0 Å². The molecule has 0 saturated heterocycles. The predicted molar refractivity (Wildman–Crippen MR) is 71.2 cm³/mol. The third kappa shape index (κ3) is 5.84. The van der Waals surface area contributed by atoms with Crippen LogP contribution in [0.2, 0.25) is 0 Å². The van der Waals surface area contributed by atoms with Gasteiger partial charge in [0.2, 0.25) is 0 Å².